The van der Waals surface area contributed by atoms with Gasteiger partial charge in [-0.2, -0.15) is 5.26 Å². The van der Waals surface area contributed by atoms with E-state index in [1.807, 2.05) is 11.5 Å². The molecule has 0 saturated heterocycles. The molecule has 0 atom stereocenters. The van der Waals surface area contributed by atoms with Crippen LogP contribution in [0.4, 0.5) is 5.00 Å². The number of nitriles is 1. The van der Waals surface area contributed by atoms with Gasteiger partial charge in [0.05, 0.1) is 24.1 Å². The SMILES string of the molecule is CCn1c(CNC(=O)c2ccco2)nnc1SCC(=O)Nc1sc2c(c1C#N)CCCC2. The topological polar surface area (TPSA) is 126 Å². The van der Waals surface area contributed by atoms with Crippen molar-refractivity contribution in [2.24, 2.45) is 0 Å². The third kappa shape index (κ3) is 4.71. The van der Waals surface area contributed by atoms with Crippen molar-refractivity contribution in [1.29, 1.82) is 5.26 Å². The highest BCUT2D eigenvalue weighted by Gasteiger charge is 2.22. The molecule has 0 saturated carbocycles. The molecule has 11 heteroatoms. The van der Waals surface area contributed by atoms with Crippen molar-refractivity contribution in [3.05, 3.63) is 46.0 Å². The summed E-state index contributed by atoms with van der Waals surface area (Å²) in [5.74, 6) is 0.438. The molecule has 2 N–H and O–H groups in total. The fourth-order valence-corrected chi connectivity index (χ4v) is 5.67. The zero-order valence-electron chi connectivity index (χ0n) is 17.5. The number of nitrogens with zero attached hydrogens (tertiary/aromatic N) is 4. The van der Waals surface area contributed by atoms with Crippen molar-refractivity contribution in [1.82, 2.24) is 20.1 Å². The van der Waals surface area contributed by atoms with Gasteiger partial charge < -0.3 is 19.6 Å². The molecule has 1 aliphatic rings. The Kier molecular flexibility index (Phi) is 6.92. The molecule has 3 aromatic heterocycles. The molecule has 4 rings (SSSR count). The normalized spacial score (nSPS) is 12.8. The van der Waals surface area contributed by atoms with Crippen molar-refractivity contribution >= 4 is 39.9 Å². The third-order valence-electron chi connectivity index (χ3n) is 5.13. The molecular weight excluding hydrogens is 448 g/mol. The van der Waals surface area contributed by atoms with E-state index in [0.717, 1.165) is 31.2 Å². The van der Waals surface area contributed by atoms with Crippen molar-refractivity contribution in [3.63, 3.8) is 0 Å². The Morgan fingerprint density at radius 1 is 1.34 bits per heavy atom. The molecule has 166 valence electrons. The van der Waals surface area contributed by atoms with Crippen LogP contribution in [0.2, 0.25) is 0 Å². The number of amides is 2. The van der Waals surface area contributed by atoms with Gasteiger partial charge in [0.2, 0.25) is 5.91 Å². The molecule has 9 nitrogen and oxygen atoms in total. The summed E-state index contributed by atoms with van der Waals surface area (Å²) >= 11 is 2.78. The van der Waals surface area contributed by atoms with Crippen LogP contribution in [-0.4, -0.2) is 32.3 Å². The molecule has 3 heterocycles. The molecule has 0 aliphatic heterocycles. The highest BCUT2D eigenvalue weighted by molar-refractivity contribution is 7.99. The lowest BCUT2D eigenvalue weighted by Gasteiger charge is -2.09. The second-order valence-corrected chi connectivity index (χ2v) is 9.21. The van der Waals surface area contributed by atoms with Crippen LogP contribution in [-0.2, 0) is 30.7 Å². The Bertz CT molecular complexity index is 1160. The van der Waals surface area contributed by atoms with Gasteiger partial charge in [0.25, 0.3) is 5.91 Å². The molecule has 32 heavy (non-hydrogen) atoms. The third-order valence-corrected chi connectivity index (χ3v) is 7.30. The van der Waals surface area contributed by atoms with Crippen LogP contribution in [0.1, 0.15) is 52.1 Å². The van der Waals surface area contributed by atoms with E-state index in [9.17, 15) is 14.9 Å². The maximum absolute atomic E-state index is 12.6. The first kappa shape index (κ1) is 22.1. The number of thiophene rings is 1. The zero-order valence-corrected chi connectivity index (χ0v) is 19.1. The number of hydrogen-bond donors (Lipinski definition) is 2. The van der Waals surface area contributed by atoms with Crippen molar-refractivity contribution in [2.75, 3.05) is 11.1 Å². The number of anilines is 1. The van der Waals surface area contributed by atoms with Crippen LogP contribution in [0.3, 0.4) is 0 Å². The van der Waals surface area contributed by atoms with Crippen molar-refractivity contribution < 1.29 is 14.0 Å². The minimum Gasteiger partial charge on any atom is -0.459 e. The summed E-state index contributed by atoms with van der Waals surface area (Å²) in [5, 5.41) is 24.7. The van der Waals surface area contributed by atoms with Gasteiger partial charge in [0.15, 0.2) is 16.7 Å². The Morgan fingerprint density at radius 3 is 2.94 bits per heavy atom. The molecule has 3 aromatic rings. The van der Waals surface area contributed by atoms with E-state index < -0.39 is 0 Å². The minimum atomic E-state index is -0.332. The number of thioether (sulfide) groups is 1. The molecule has 0 unspecified atom stereocenters. The second kappa shape index (κ2) is 10.0. The van der Waals surface area contributed by atoms with E-state index in [1.165, 1.54) is 34.2 Å². The Labute approximate surface area is 193 Å². The van der Waals surface area contributed by atoms with Gasteiger partial charge in [0, 0.05) is 11.4 Å². The van der Waals surface area contributed by atoms with Crippen molar-refractivity contribution in [3.8, 4) is 6.07 Å². The quantitative estimate of drug-likeness (QED) is 0.483. The van der Waals surface area contributed by atoms with E-state index in [2.05, 4.69) is 26.9 Å². The number of furan rings is 1. The van der Waals surface area contributed by atoms with Gasteiger partial charge in [-0.1, -0.05) is 11.8 Å². The first-order valence-corrected chi connectivity index (χ1v) is 12.1. The molecule has 0 spiro atoms. The van der Waals surface area contributed by atoms with Crippen LogP contribution in [0.25, 0.3) is 0 Å². The first-order chi connectivity index (χ1) is 15.6. The lowest BCUT2D eigenvalue weighted by molar-refractivity contribution is -0.113. The largest absolute Gasteiger partial charge is 0.459 e. The van der Waals surface area contributed by atoms with Crippen LogP contribution in [0, 0.1) is 11.3 Å². The standard InChI is InChI=1S/C21H22N6O3S2/c1-2-27-17(11-23-19(29)15-7-5-9-30-15)25-26-21(27)31-12-18(28)24-20-14(10-22)13-6-3-4-8-16(13)32-20/h5,7,9H,2-4,6,8,11-12H2,1H3,(H,23,29)(H,24,28). The van der Waals surface area contributed by atoms with Gasteiger partial charge in [-0.25, -0.2) is 0 Å². The summed E-state index contributed by atoms with van der Waals surface area (Å²) in [6.45, 7) is 2.74. The first-order valence-electron chi connectivity index (χ1n) is 10.3. The van der Waals surface area contributed by atoms with Crippen LogP contribution in [0.5, 0.6) is 0 Å². The highest BCUT2D eigenvalue weighted by Crippen LogP contribution is 2.37. The smallest absolute Gasteiger partial charge is 0.287 e. The number of hydrogen-bond acceptors (Lipinski definition) is 8. The van der Waals surface area contributed by atoms with E-state index in [4.69, 9.17) is 4.42 Å². The van der Waals surface area contributed by atoms with Gasteiger partial charge in [0.1, 0.15) is 11.1 Å². The second-order valence-electron chi connectivity index (χ2n) is 7.17. The predicted octanol–water partition coefficient (Wildman–Crippen LogP) is 3.36. The van der Waals surface area contributed by atoms with E-state index >= 15 is 0 Å². The number of carbonyl (C=O) groups is 2. The number of carbonyl (C=O) groups excluding carboxylic acids is 2. The Morgan fingerprint density at radius 2 is 2.19 bits per heavy atom. The lowest BCUT2D eigenvalue weighted by atomic mass is 9.96. The summed E-state index contributed by atoms with van der Waals surface area (Å²) in [6.07, 6.45) is 5.52. The number of aromatic nitrogens is 3. The van der Waals surface area contributed by atoms with Gasteiger partial charge >= 0.3 is 0 Å². The minimum absolute atomic E-state index is 0.143. The lowest BCUT2D eigenvalue weighted by Crippen LogP contribution is -2.24. The Balaban J connectivity index is 1.36. The van der Waals surface area contributed by atoms with Crippen LogP contribution < -0.4 is 10.6 Å². The maximum Gasteiger partial charge on any atom is 0.287 e. The fourth-order valence-electron chi connectivity index (χ4n) is 3.59. The van der Waals surface area contributed by atoms with Crippen LogP contribution >= 0.6 is 23.1 Å². The summed E-state index contributed by atoms with van der Waals surface area (Å²) in [6, 6.07) is 5.49. The monoisotopic (exact) mass is 470 g/mol. The number of aryl methyl sites for hydroxylation is 1. The summed E-state index contributed by atoms with van der Waals surface area (Å²) in [4.78, 5) is 25.8. The average Bonchev–Trinajstić information content (AvgIpc) is 3.54. The van der Waals surface area contributed by atoms with E-state index in [-0.39, 0.29) is 29.9 Å². The fraction of sp³-hybridized carbons (Fsp3) is 0.381. The summed E-state index contributed by atoms with van der Waals surface area (Å²) in [5.41, 5.74) is 1.70. The summed E-state index contributed by atoms with van der Waals surface area (Å²) < 4.78 is 6.93. The maximum atomic E-state index is 12.6. The molecule has 0 fully saturated rings. The van der Waals surface area contributed by atoms with Crippen molar-refractivity contribution in [2.45, 2.75) is 50.9 Å². The molecule has 0 bridgehead atoms. The summed E-state index contributed by atoms with van der Waals surface area (Å²) in [7, 11) is 0. The number of fused-ring (bicyclic) bond motifs is 1. The molecular formula is C21H22N6O3S2. The highest BCUT2D eigenvalue weighted by atomic mass is 32.2. The molecule has 1 aliphatic carbocycles. The Hall–Kier alpha value is -3.10. The average molecular weight is 471 g/mol. The van der Waals surface area contributed by atoms with Gasteiger partial charge in [-0.15, -0.1) is 21.5 Å². The van der Waals surface area contributed by atoms with Gasteiger partial charge in [-0.3, -0.25) is 9.59 Å². The van der Waals surface area contributed by atoms with Gasteiger partial charge in [-0.05, 0) is 50.3 Å². The van der Waals surface area contributed by atoms with Crippen LogP contribution in [0.15, 0.2) is 28.0 Å². The molecule has 2 amide bonds. The molecule has 0 aromatic carbocycles. The van der Waals surface area contributed by atoms with E-state index in [1.54, 1.807) is 12.1 Å². The number of nitrogens with one attached hydrogen (secondary N) is 2. The molecule has 0 radical (unpaired) electrons. The zero-order chi connectivity index (χ0) is 22.5. The number of rotatable bonds is 8. The van der Waals surface area contributed by atoms with E-state index in [0.29, 0.717) is 28.1 Å². The predicted molar refractivity (Wildman–Crippen MR) is 121 cm³/mol.